The fraction of sp³-hybridized carbons (Fsp3) is 0.692. The molecular formula is C26H42N2O5. The van der Waals surface area contributed by atoms with Crippen LogP contribution in [-0.4, -0.2) is 74.9 Å². The van der Waals surface area contributed by atoms with E-state index >= 15 is 0 Å². The molecule has 0 aliphatic heterocycles. The summed E-state index contributed by atoms with van der Waals surface area (Å²) in [5.41, 5.74) is 0.419. The number of hydrogen-bond donors (Lipinski definition) is 0. The Hall–Kier alpha value is -2.12. The van der Waals surface area contributed by atoms with E-state index < -0.39 is 5.97 Å². The van der Waals surface area contributed by atoms with Crippen LogP contribution in [0.2, 0.25) is 0 Å². The minimum Gasteiger partial charge on any atom is -0.465 e. The van der Waals surface area contributed by atoms with Crippen LogP contribution in [0.25, 0.3) is 0 Å². The minimum atomic E-state index is -0.418. The van der Waals surface area contributed by atoms with Crippen molar-refractivity contribution < 1.29 is 23.8 Å². The Morgan fingerprint density at radius 3 is 2.18 bits per heavy atom. The van der Waals surface area contributed by atoms with Gasteiger partial charge in [0.25, 0.3) is 0 Å². The summed E-state index contributed by atoms with van der Waals surface area (Å²) in [5.74, 6) is -0.00810. The van der Waals surface area contributed by atoms with Crippen molar-refractivity contribution in [2.24, 2.45) is 0 Å². The normalized spacial score (nSPS) is 18.2. The van der Waals surface area contributed by atoms with Crippen molar-refractivity contribution in [2.45, 2.75) is 76.9 Å². The first-order valence-corrected chi connectivity index (χ1v) is 12.4. The van der Waals surface area contributed by atoms with E-state index in [-0.39, 0.29) is 12.1 Å². The van der Waals surface area contributed by atoms with Crippen LogP contribution in [0, 0.1) is 0 Å². The van der Waals surface area contributed by atoms with Gasteiger partial charge in [-0.2, -0.15) is 0 Å². The predicted molar refractivity (Wildman–Crippen MR) is 130 cm³/mol. The average molecular weight is 463 g/mol. The van der Waals surface area contributed by atoms with Crippen molar-refractivity contribution in [3.8, 4) is 5.75 Å². The summed E-state index contributed by atoms with van der Waals surface area (Å²) in [4.78, 5) is 28.1. The molecule has 0 atom stereocenters. The van der Waals surface area contributed by atoms with E-state index in [4.69, 9.17) is 9.47 Å². The molecule has 0 aromatic heterocycles. The third-order valence-corrected chi connectivity index (χ3v) is 6.39. The van der Waals surface area contributed by atoms with E-state index in [0.717, 1.165) is 45.3 Å². The molecule has 0 saturated heterocycles. The number of esters is 1. The molecule has 0 radical (unpaired) electrons. The lowest BCUT2D eigenvalue weighted by molar-refractivity contribution is 0.0101. The lowest BCUT2D eigenvalue weighted by Gasteiger charge is -2.34. The molecule has 7 heteroatoms. The van der Waals surface area contributed by atoms with Crippen LogP contribution in [0.15, 0.2) is 24.3 Å². The summed E-state index contributed by atoms with van der Waals surface area (Å²) in [6.07, 6.45) is 9.81. The number of hydrogen-bond acceptors (Lipinski definition) is 6. The SMILES string of the molecule is CCCCCN(C)CCCCOC1CCC(N(C)C(=O)Oc2ccc(C(=O)OC)cc2)CC1. The number of methoxy groups -OCH3 is 1. The standard InChI is InChI=1S/C26H42N2O5/c1-5-6-7-18-27(2)19-8-9-20-32-23-16-12-22(13-17-23)28(3)26(30)33-24-14-10-21(11-15-24)25(29)31-4/h10-11,14-15,22-23H,5-9,12-13,16-20H2,1-4H3. The highest BCUT2D eigenvalue weighted by Gasteiger charge is 2.28. The van der Waals surface area contributed by atoms with Gasteiger partial charge in [0.2, 0.25) is 0 Å². The van der Waals surface area contributed by atoms with Crippen molar-refractivity contribution in [1.82, 2.24) is 9.80 Å². The van der Waals surface area contributed by atoms with Crippen molar-refractivity contribution >= 4 is 12.1 Å². The summed E-state index contributed by atoms with van der Waals surface area (Å²) in [6.45, 7) is 5.38. The fourth-order valence-electron chi connectivity index (χ4n) is 4.18. The van der Waals surface area contributed by atoms with Gasteiger partial charge in [-0.05, 0) is 89.3 Å². The molecule has 0 N–H and O–H groups in total. The highest BCUT2D eigenvalue weighted by molar-refractivity contribution is 5.89. The van der Waals surface area contributed by atoms with Gasteiger partial charge in [0, 0.05) is 19.7 Å². The number of ether oxygens (including phenoxy) is 3. The van der Waals surface area contributed by atoms with Crippen LogP contribution in [0.1, 0.15) is 75.1 Å². The number of nitrogens with zero attached hydrogens (tertiary/aromatic N) is 2. The lowest BCUT2D eigenvalue weighted by atomic mass is 9.92. The van der Waals surface area contributed by atoms with Gasteiger partial charge in [0.1, 0.15) is 5.75 Å². The third-order valence-electron chi connectivity index (χ3n) is 6.39. The molecule has 1 aliphatic rings. The zero-order chi connectivity index (χ0) is 24.1. The van der Waals surface area contributed by atoms with Gasteiger partial charge in [0.15, 0.2) is 0 Å². The molecule has 0 heterocycles. The van der Waals surface area contributed by atoms with Crippen LogP contribution in [0.5, 0.6) is 5.75 Å². The Kier molecular flexibility index (Phi) is 12.3. The Morgan fingerprint density at radius 2 is 1.58 bits per heavy atom. The highest BCUT2D eigenvalue weighted by atomic mass is 16.6. The molecule has 33 heavy (non-hydrogen) atoms. The van der Waals surface area contributed by atoms with Crippen molar-refractivity contribution in [3.63, 3.8) is 0 Å². The number of benzene rings is 1. The Labute approximate surface area is 199 Å². The van der Waals surface area contributed by atoms with E-state index in [0.29, 0.717) is 17.4 Å². The van der Waals surface area contributed by atoms with E-state index in [1.165, 1.54) is 39.3 Å². The van der Waals surface area contributed by atoms with Crippen LogP contribution in [0.3, 0.4) is 0 Å². The molecule has 1 aromatic rings. The minimum absolute atomic E-state index is 0.156. The van der Waals surface area contributed by atoms with Gasteiger partial charge in [-0.15, -0.1) is 0 Å². The van der Waals surface area contributed by atoms with Crippen LogP contribution in [-0.2, 0) is 9.47 Å². The summed E-state index contributed by atoms with van der Waals surface area (Å²) >= 11 is 0. The molecule has 1 aromatic carbocycles. The largest absolute Gasteiger partial charge is 0.465 e. The molecule has 0 unspecified atom stereocenters. The summed E-state index contributed by atoms with van der Waals surface area (Å²) < 4.78 is 16.2. The summed E-state index contributed by atoms with van der Waals surface area (Å²) in [6, 6.07) is 6.53. The van der Waals surface area contributed by atoms with Crippen molar-refractivity contribution in [2.75, 3.05) is 40.9 Å². The fourth-order valence-corrected chi connectivity index (χ4v) is 4.18. The Morgan fingerprint density at radius 1 is 0.939 bits per heavy atom. The first kappa shape index (κ1) is 27.1. The molecule has 7 nitrogen and oxygen atoms in total. The Bertz CT molecular complexity index is 701. The van der Waals surface area contributed by atoms with Gasteiger partial charge < -0.3 is 24.0 Å². The van der Waals surface area contributed by atoms with E-state index in [2.05, 4.69) is 23.6 Å². The predicted octanol–water partition coefficient (Wildman–Crippen LogP) is 5.13. The van der Waals surface area contributed by atoms with Crippen LogP contribution < -0.4 is 4.74 Å². The van der Waals surface area contributed by atoms with Gasteiger partial charge in [-0.25, -0.2) is 9.59 Å². The number of unbranched alkanes of at least 4 members (excludes halogenated alkanes) is 3. The molecule has 1 amide bonds. The average Bonchev–Trinajstić information content (AvgIpc) is 2.84. The number of amides is 1. The highest BCUT2D eigenvalue weighted by Crippen LogP contribution is 2.25. The number of carbonyl (C=O) groups excluding carboxylic acids is 2. The van der Waals surface area contributed by atoms with E-state index in [9.17, 15) is 9.59 Å². The van der Waals surface area contributed by atoms with Crippen LogP contribution >= 0.6 is 0 Å². The van der Waals surface area contributed by atoms with E-state index in [1.807, 2.05) is 0 Å². The first-order valence-electron chi connectivity index (χ1n) is 12.4. The van der Waals surface area contributed by atoms with Crippen molar-refractivity contribution in [3.05, 3.63) is 29.8 Å². The number of rotatable bonds is 13. The van der Waals surface area contributed by atoms with Gasteiger partial charge in [-0.1, -0.05) is 19.8 Å². The second kappa shape index (κ2) is 14.9. The van der Waals surface area contributed by atoms with Crippen molar-refractivity contribution in [1.29, 1.82) is 0 Å². The van der Waals surface area contributed by atoms with Gasteiger partial charge in [0.05, 0.1) is 18.8 Å². The molecule has 1 fully saturated rings. The second-order valence-corrected chi connectivity index (χ2v) is 9.01. The summed E-state index contributed by atoms with van der Waals surface area (Å²) in [5, 5.41) is 0. The molecule has 1 saturated carbocycles. The summed E-state index contributed by atoms with van der Waals surface area (Å²) in [7, 11) is 5.32. The quantitative estimate of drug-likeness (QED) is 0.299. The maximum atomic E-state index is 12.5. The molecule has 2 rings (SSSR count). The van der Waals surface area contributed by atoms with E-state index in [1.54, 1.807) is 36.2 Å². The molecule has 0 bridgehead atoms. The number of carbonyl (C=O) groups is 2. The molecular weight excluding hydrogens is 420 g/mol. The smallest absolute Gasteiger partial charge is 0.415 e. The lowest BCUT2D eigenvalue weighted by Crippen LogP contribution is -2.42. The maximum absolute atomic E-state index is 12.5. The Balaban J connectivity index is 1.61. The zero-order valence-corrected chi connectivity index (χ0v) is 20.9. The zero-order valence-electron chi connectivity index (χ0n) is 20.9. The van der Waals surface area contributed by atoms with Crippen LogP contribution in [0.4, 0.5) is 4.79 Å². The molecule has 186 valence electrons. The molecule has 0 spiro atoms. The molecule has 1 aliphatic carbocycles. The third kappa shape index (κ3) is 9.72. The van der Waals surface area contributed by atoms with Gasteiger partial charge >= 0.3 is 12.1 Å². The maximum Gasteiger partial charge on any atom is 0.415 e. The monoisotopic (exact) mass is 462 g/mol. The first-order chi connectivity index (χ1) is 15.9. The van der Waals surface area contributed by atoms with Gasteiger partial charge in [-0.3, -0.25) is 0 Å². The topological polar surface area (TPSA) is 68.3 Å². The second-order valence-electron chi connectivity index (χ2n) is 9.01.